The lowest BCUT2D eigenvalue weighted by Gasteiger charge is -2.34. The van der Waals surface area contributed by atoms with Crippen LogP contribution in [0, 0.1) is 6.92 Å². The maximum Gasteiger partial charge on any atom is 0.253 e. The Balaban J connectivity index is 1.45. The van der Waals surface area contributed by atoms with E-state index in [1.807, 2.05) is 11.8 Å². The van der Waals surface area contributed by atoms with E-state index < -0.39 is 0 Å². The lowest BCUT2D eigenvalue weighted by molar-refractivity contribution is -0.122. The van der Waals surface area contributed by atoms with Gasteiger partial charge in [0.05, 0.1) is 6.54 Å². The molecule has 1 N–H and O–H groups in total. The van der Waals surface area contributed by atoms with Crippen molar-refractivity contribution in [2.45, 2.75) is 26.9 Å². The second-order valence-corrected chi connectivity index (χ2v) is 6.96. The maximum atomic E-state index is 12.7. The zero-order valence-corrected chi connectivity index (χ0v) is 16.9. The molecule has 2 heterocycles. The van der Waals surface area contributed by atoms with Crippen LogP contribution in [0.1, 0.15) is 35.4 Å². The molecule has 156 valence electrons. The third kappa shape index (κ3) is 6.02. The quantitative estimate of drug-likeness (QED) is 0.710. The molecule has 1 aliphatic heterocycles. The number of carbonyl (C=O) groups is 2. The molecule has 0 saturated carbocycles. The SMILES string of the molecule is CCCNC(=O)CN1CCN(C(=O)c2ccc(OCc3noc(C)n3)cc2)CC1. The summed E-state index contributed by atoms with van der Waals surface area (Å²) in [4.78, 5) is 32.5. The highest BCUT2D eigenvalue weighted by Gasteiger charge is 2.23. The van der Waals surface area contributed by atoms with Gasteiger partial charge in [-0.15, -0.1) is 0 Å². The molecule has 2 aromatic rings. The fourth-order valence-electron chi connectivity index (χ4n) is 3.06. The van der Waals surface area contributed by atoms with E-state index in [4.69, 9.17) is 9.26 Å². The second kappa shape index (κ2) is 10.0. The van der Waals surface area contributed by atoms with Crippen molar-refractivity contribution in [3.8, 4) is 5.75 Å². The number of hydrogen-bond acceptors (Lipinski definition) is 7. The zero-order chi connectivity index (χ0) is 20.6. The summed E-state index contributed by atoms with van der Waals surface area (Å²) in [5.41, 5.74) is 0.613. The van der Waals surface area contributed by atoms with Gasteiger partial charge in [0, 0.05) is 45.2 Å². The van der Waals surface area contributed by atoms with Gasteiger partial charge in [0.15, 0.2) is 6.61 Å². The highest BCUT2D eigenvalue weighted by Crippen LogP contribution is 2.16. The summed E-state index contributed by atoms with van der Waals surface area (Å²) in [7, 11) is 0. The number of ether oxygens (including phenoxy) is 1. The lowest BCUT2D eigenvalue weighted by atomic mass is 10.1. The van der Waals surface area contributed by atoms with Crippen LogP contribution < -0.4 is 10.1 Å². The van der Waals surface area contributed by atoms with E-state index in [-0.39, 0.29) is 18.4 Å². The lowest BCUT2D eigenvalue weighted by Crippen LogP contribution is -2.51. The van der Waals surface area contributed by atoms with Crippen LogP contribution in [-0.2, 0) is 11.4 Å². The predicted molar refractivity (Wildman–Crippen MR) is 105 cm³/mol. The van der Waals surface area contributed by atoms with Gasteiger partial charge in [-0.2, -0.15) is 4.98 Å². The van der Waals surface area contributed by atoms with Gasteiger partial charge in [-0.3, -0.25) is 14.5 Å². The molecule has 1 aliphatic rings. The number of nitrogens with one attached hydrogen (secondary N) is 1. The van der Waals surface area contributed by atoms with Crippen LogP contribution >= 0.6 is 0 Å². The van der Waals surface area contributed by atoms with Gasteiger partial charge in [-0.1, -0.05) is 12.1 Å². The number of hydrogen-bond donors (Lipinski definition) is 1. The molecule has 0 atom stereocenters. The Kier molecular flexibility index (Phi) is 7.18. The van der Waals surface area contributed by atoms with Crippen molar-refractivity contribution >= 4 is 11.8 Å². The summed E-state index contributed by atoms with van der Waals surface area (Å²) in [6.07, 6.45) is 0.925. The Morgan fingerprint density at radius 1 is 1.17 bits per heavy atom. The Hall–Kier alpha value is -2.94. The largest absolute Gasteiger partial charge is 0.485 e. The van der Waals surface area contributed by atoms with Crippen LogP contribution in [0.3, 0.4) is 0 Å². The molecule has 0 aliphatic carbocycles. The predicted octanol–water partition coefficient (Wildman–Crippen LogP) is 1.24. The first-order valence-electron chi connectivity index (χ1n) is 9.85. The standard InChI is InChI=1S/C20H27N5O4/c1-3-8-21-19(26)13-24-9-11-25(12-10-24)20(27)16-4-6-17(7-5-16)28-14-18-22-15(2)29-23-18/h4-7H,3,8-14H2,1-2H3,(H,21,26). The van der Waals surface area contributed by atoms with Crippen LogP contribution in [0.25, 0.3) is 0 Å². The van der Waals surface area contributed by atoms with Crippen molar-refractivity contribution in [3.63, 3.8) is 0 Å². The zero-order valence-electron chi connectivity index (χ0n) is 16.9. The van der Waals surface area contributed by atoms with Crippen LogP contribution in [0.15, 0.2) is 28.8 Å². The highest BCUT2D eigenvalue weighted by molar-refractivity contribution is 5.94. The number of nitrogens with zero attached hydrogens (tertiary/aromatic N) is 4. The molecule has 1 aromatic heterocycles. The summed E-state index contributed by atoms with van der Waals surface area (Å²) in [6.45, 7) is 7.63. The average molecular weight is 401 g/mol. The summed E-state index contributed by atoms with van der Waals surface area (Å²) >= 11 is 0. The minimum Gasteiger partial charge on any atom is -0.485 e. The number of carbonyl (C=O) groups excluding carboxylic acids is 2. The number of rotatable bonds is 8. The van der Waals surface area contributed by atoms with E-state index in [1.165, 1.54) is 0 Å². The van der Waals surface area contributed by atoms with Gasteiger partial charge in [0.25, 0.3) is 5.91 Å². The molecule has 1 fully saturated rings. The van der Waals surface area contributed by atoms with E-state index in [1.54, 1.807) is 31.2 Å². The van der Waals surface area contributed by atoms with Gasteiger partial charge in [0.1, 0.15) is 5.75 Å². The molecule has 1 aromatic carbocycles. The molecule has 0 bridgehead atoms. The van der Waals surface area contributed by atoms with Crippen molar-refractivity contribution < 1.29 is 18.8 Å². The Morgan fingerprint density at radius 2 is 1.90 bits per heavy atom. The van der Waals surface area contributed by atoms with Crippen LogP contribution in [-0.4, -0.2) is 71.0 Å². The first-order valence-corrected chi connectivity index (χ1v) is 9.85. The summed E-state index contributed by atoms with van der Waals surface area (Å²) in [5.74, 6) is 1.63. The van der Waals surface area contributed by atoms with Gasteiger partial charge >= 0.3 is 0 Å². The fourth-order valence-corrected chi connectivity index (χ4v) is 3.06. The van der Waals surface area contributed by atoms with E-state index in [2.05, 4.69) is 20.4 Å². The first-order chi connectivity index (χ1) is 14.0. The minimum absolute atomic E-state index is 0.0135. The monoisotopic (exact) mass is 401 g/mol. The number of aromatic nitrogens is 2. The molecule has 1 saturated heterocycles. The Morgan fingerprint density at radius 3 is 2.52 bits per heavy atom. The molecule has 3 rings (SSSR count). The molecular formula is C20H27N5O4. The van der Waals surface area contributed by atoms with Crippen molar-refractivity contribution in [3.05, 3.63) is 41.5 Å². The van der Waals surface area contributed by atoms with Gasteiger partial charge in [0.2, 0.25) is 17.6 Å². The van der Waals surface area contributed by atoms with Crippen molar-refractivity contribution in [1.82, 2.24) is 25.3 Å². The summed E-state index contributed by atoms with van der Waals surface area (Å²) in [6, 6.07) is 7.02. The molecule has 29 heavy (non-hydrogen) atoms. The third-order valence-electron chi connectivity index (χ3n) is 4.64. The fraction of sp³-hybridized carbons (Fsp3) is 0.500. The Bertz CT molecular complexity index is 813. The summed E-state index contributed by atoms with van der Waals surface area (Å²) in [5, 5.41) is 6.66. The smallest absolute Gasteiger partial charge is 0.253 e. The third-order valence-corrected chi connectivity index (χ3v) is 4.64. The normalized spacial score (nSPS) is 14.6. The highest BCUT2D eigenvalue weighted by atomic mass is 16.5. The molecule has 0 radical (unpaired) electrons. The second-order valence-electron chi connectivity index (χ2n) is 6.96. The Labute approximate surface area is 170 Å². The van der Waals surface area contributed by atoms with Crippen molar-refractivity contribution in [2.75, 3.05) is 39.3 Å². The maximum absolute atomic E-state index is 12.7. The number of benzene rings is 1. The van der Waals surface area contributed by atoms with Crippen LogP contribution in [0.2, 0.25) is 0 Å². The molecule has 0 unspecified atom stereocenters. The topological polar surface area (TPSA) is 101 Å². The van der Waals surface area contributed by atoms with E-state index in [0.717, 1.165) is 6.42 Å². The van der Waals surface area contributed by atoms with Gasteiger partial charge in [-0.25, -0.2) is 0 Å². The number of aryl methyl sites for hydroxylation is 1. The molecular weight excluding hydrogens is 374 g/mol. The van der Waals surface area contributed by atoms with Gasteiger partial charge < -0.3 is 19.5 Å². The first kappa shape index (κ1) is 20.8. The van der Waals surface area contributed by atoms with E-state index >= 15 is 0 Å². The van der Waals surface area contributed by atoms with E-state index in [9.17, 15) is 9.59 Å². The molecule has 2 amide bonds. The van der Waals surface area contributed by atoms with Crippen LogP contribution in [0.5, 0.6) is 5.75 Å². The number of piperazine rings is 1. The van der Waals surface area contributed by atoms with Gasteiger partial charge in [-0.05, 0) is 30.7 Å². The van der Waals surface area contributed by atoms with Crippen molar-refractivity contribution in [1.29, 1.82) is 0 Å². The molecule has 9 heteroatoms. The van der Waals surface area contributed by atoms with Crippen molar-refractivity contribution in [2.24, 2.45) is 0 Å². The molecule has 0 spiro atoms. The van der Waals surface area contributed by atoms with E-state index in [0.29, 0.717) is 62.3 Å². The van der Waals surface area contributed by atoms with Crippen LogP contribution in [0.4, 0.5) is 0 Å². The number of amides is 2. The minimum atomic E-state index is -0.0135. The average Bonchev–Trinajstić information content (AvgIpc) is 3.16. The molecule has 9 nitrogen and oxygen atoms in total. The summed E-state index contributed by atoms with van der Waals surface area (Å²) < 4.78 is 10.5.